The summed E-state index contributed by atoms with van der Waals surface area (Å²) in [6.07, 6.45) is 4.07. The Morgan fingerprint density at radius 3 is 2.70 bits per heavy atom. The average molecular weight is 301 g/mol. The second-order valence-corrected chi connectivity index (χ2v) is 7.88. The van der Waals surface area contributed by atoms with Crippen LogP contribution in [0.5, 0.6) is 0 Å². The molecule has 6 heteroatoms. The number of aliphatic hydroxyl groups excluding tert-OH is 1. The van der Waals surface area contributed by atoms with Crippen LogP contribution >= 0.6 is 0 Å². The number of aliphatic hydroxyl groups is 1. The summed E-state index contributed by atoms with van der Waals surface area (Å²) in [7, 11) is -3.61. The lowest BCUT2D eigenvalue weighted by Gasteiger charge is -2.38. The molecule has 5 nitrogen and oxygen atoms in total. The Bertz CT molecular complexity index is 574. The molecule has 0 aliphatic heterocycles. The molecule has 2 N–H and O–H groups in total. The Labute approximate surface area is 120 Å². The lowest BCUT2D eigenvalue weighted by atomic mass is 9.74. The number of hydrogen-bond acceptors (Lipinski definition) is 4. The van der Waals surface area contributed by atoms with E-state index >= 15 is 0 Å². The van der Waals surface area contributed by atoms with Crippen LogP contribution in [0.4, 0.5) is 0 Å². The van der Waals surface area contributed by atoms with E-state index in [9.17, 15) is 8.42 Å². The summed E-state index contributed by atoms with van der Waals surface area (Å²) in [5.41, 5.74) is -0.0389. The Balaban J connectivity index is 2.24. The zero-order chi connectivity index (χ0) is 15.0. The molecule has 1 aliphatic carbocycles. The molecule has 2 rings (SSSR count). The van der Waals surface area contributed by atoms with Crippen LogP contribution in [0.15, 0.2) is 15.4 Å². The second-order valence-electron chi connectivity index (χ2n) is 6.20. The van der Waals surface area contributed by atoms with Crippen molar-refractivity contribution in [3.63, 3.8) is 0 Å². The van der Waals surface area contributed by atoms with Crippen LogP contribution in [0.2, 0.25) is 0 Å². The fraction of sp³-hybridized carbons (Fsp3) is 0.714. The van der Waals surface area contributed by atoms with Crippen molar-refractivity contribution in [1.82, 2.24) is 4.72 Å². The van der Waals surface area contributed by atoms with Crippen molar-refractivity contribution in [2.24, 2.45) is 5.41 Å². The molecular weight excluding hydrogens is 278 g/mol. The Morgan fingerprint density at radius 2 is 2.15 bits per heavy atom. The first-order chi connectivity index (χ1) is 9.26. The van der Waals surface area contributed by atoms with Crippen molar-refractivity contribution in [3.05, 3.63) is 17.6 Å². The fourth-order valence-electron chi connectivity index (χ4n) is 2.83. The number of aryl methyl sites for hydroxylation is 1. The molecule has 1 heterocycles. The molecule has 1 aromatic rings. The first-order valence-corrected chi connectivity index (χ1v) is 8.47. The van der Waals surface area contributed by atoms with Gasteiger partial charge in [0.25, 0.3) is 0 Å². The van der Waals surface area contributed by atoms with Crippen molar-refractivity contribution < 1.29 is 17.9 Å². The van der Waals surface area contributed by atoms with Gasteiger partial charge in [-0.3, -0.25) is 0 Å². The summed E-state index contributed by atoms with van der Waals surface area (Å²) in [5, 5.41) is 9.04. The smallest absolute Gasteiger partial charge is 0.244 e. The van der Waals surface area contributed by atoms with Gasteiger partial charge < -0.3 is 9.52 Å². The molecule has 0 saturated heterocycles. The first kappa shape index (κ1) is 15.5. The van der Waals surface area contributed by atoms with E-state index < -0.39 is 10.0 Å². The summed E-state index contributed by atoms with van der Waals surface area (Å²) < 4.78 is 33.0. The van der Waals surface area contributed by atoms with Gasteiger partial charge in [-0.25, -0.2) is 13.1 Å². The molecule has 0 aromatic carbocycles. The van der Waals surface area contributed by atoms with Crippen LogP contribution in [0.25, 0.3) is 0 Å². The third-order valence-corrected chi connectivity index (χ3v) is 5.75. The van der Waals surface area contributed by atoms with Gasteiger partial charge in [-0.1, -0.05) is 26.7 Å². The molecule has 20 heavy (non-hydrogen) atoms. The van der Waals surface area contributed by atoms with Gasteiger partial charge in [0, 0.05) is 12.1 Å². The Morgan fingerprint density at radius 1 is 1.45 bits per heavy atom. The number of hydrogen-bond donors (Lipinski definition) is 2. The van der Waals surface area contributed by atoms with Gasteiger partial charge >= 0.3 is 0 Å². The second kappa shape index (κ2) is 5.50. The van der Waals surface area contributed by atoms with E-state index in [1.807, 2.05) is 0 Å². The number of nitrogens with one attached hydrogen (secondary N) is 1. The van der Waals surface area contributed by atoms with Gasteiger partial charge in [0.15, 0.2) is 0 Å². The van der Waals surface area contributed by atoms with Gasteiger partial charge in [0.2, 0.25) is 10.0 Å². The minimum atomic E-state index is -3.61. The third-order valence-electron chi connectivity index (χ3n) is 4.17. The zero-order valence-electron chi connectivity index (χ0n) is 12.3. The topological polar surface area (TPSA) is 79.5 Å². The van der Waals surface area contributed by atoms with Crippen LogP contribution in [0.1, 0.15) is 51.1 Å². The van der Waals surface area contributed by atoms with Gasteiger partial charge in [-0.05, 0) is 25.2 Å². The largest absolute Gasteiger partial charge is 0.462 e. The maximum absolute atomic E-state index is 12.5. The number of sulfonamides is 1. The van der Waals surface area contributed by atoms with Crippen molar-refractivity contribution in [2.45, 2.75) is 64.0 Å². The standard InChI is InChI=1S/C14H23NO4S/c1-10-12(8-11(9-16)19-10)20(17,18)15-13-6-4-5-7-14(13,2)3/h8,13,15-16H,4-7,9H2,1-3H3. The molecule has 0 spiro atoms. The number of rotatable bonds is 4. The van der Waals surface area contributed by atoms with E-state index in [0.717, 1.165) is 25.7 Å². The molecule has 114 valence electrons. The first-order valence-electron chi connectivity index (χ1n) is 6.99. The van der Waals surface area contributed by atoms with Crippen molar-refractivity contribution in [1.29, 1.82) is 0 Å². The van der Waals surface area contributed by atoms with Gasteiger partial charge in [0.1, 0.15) is 23.0 Å². The predicted octanol–water partition coefficient (Wildman–Crippen LogP) is 2.33. The van der Waals surface area contributed by atoms with Crippen molar-refractivity contribution >= 4 is 10.0 Å². The van der Waals surface area contributed by atoms with E-state index in [4.69, 9.17) is 9.52 Å². The van der Waals surface area contributed by atoms with E-state index in [1.165, 1.54) is 6.07 Å². The monoisotopic (exact) mass is 301 g/mol. The summed E-state index contributed by atoms with van der Waals surface area (Å²) in [6.45, 7) is 5.49. The van der Waals surface area contributed by atoms with Crippen LogP contribution in [0.3, 0.4) is 0 Å². The molecule has 1 atom stereocenters. The van der Waals surface area contributed by atoms with E-state index in [1.54, 1.807) is 6.92 Å². The Kier molecular flexibility index (Phi) is 4.27. The highest BCUT2D eigenvalue weighted by molar-refractivity contribution is 7.89. The molecule has 1 aliphatic rings. The summed E-state index contributed by atoms with van der Waals surface area (Å²) in [5.74, 6) is 0.584. The van der Waals surface area contributed by atoms with Crippen LogP contribution in [0, 0.1) is 12.3 Å². The molecule has 1 unspecified atom stereocenters. The maximum atomic E-state index is 12.5. The molecule has 1 saturated carbocycles. The highest BCUT2D eigenvalue weighted by atomic mass is 32.2. The van der Waals surface area contributed by atoms with Crippen LogP contribution in [-0.4, -0.2) is 19.6 Å². The van der Waals surface area contributed by atoms with Gasteiger partial charge in [0.05, 0.1) is 0 Å². The van der Waals surface area contributed by atoms with E-state index in [2.05, 4.69) is 18.6 Å². The average Bonchev–Trinajstić information content (AvgIpc) is 2.74. The highest BCUT2D eigenvalue weighted by Crippen LogP contribution is 2.36. The predicted molar refractivity (Wildman–Crippen MR) is 75.7 cm³/mol. The quantitative estimate of drug-likeness (QED) is 0.894. The fourth-order valence-corrected chi connectivity index (χ4v) is 4.48. The zero-order valence-corrected chi connectivity index (χ0v) is 13.1. The van der Waals surface area contributed by atoms with E-state index in [-0.39, 0.29) is 28.7 Å². The van der Waals surface area contributed by atoms with Crippen LogP contribution in [-0.2, 0) is 16.6 Å². The Hall–Kier alpha value is -0.850. The van der Waals surface area contributed by atoms with Crippen LogP contribution < -0.4 is 4.72 Å². The minimum Gasteiger partial charge on any atom is -0.462 e. The molecule has 0 bridgehead atoms. The SMILES string of the molecule is Cc1oc(CO)cc1S(=O)(=O)NC1CCCCC1(C)C. The normalized spacial score (nSPS) is 22.9. The van der Waals surface area contributed by atoms with Gasteiger partial charge in [-0.2, -0.15) is 0 Å². The van der Waals surface area contributed by atoms with Crippen molar-refractivity contribution in [3.8, 4) is 0 Å². The molecule has 0 radical (unpaired) electrons. The van der Waals surface area contributed by atoms with E-state index in [0.29, 0.717) is 5.76 Å². The highest BCUT2D eigenvalue weighted by Gasteiger charge is 2.36. The molecular formula is C14H23NO4S. The number of furan rings is 1. The summed E-state index contributed by atoms with van der Waals surface area (Å²) >= 11 is 0. The van der Waals surface area contributed by atoms with Gasteiger partial charge in [-0.15, -0.1) is 0 Å². The maximum Gasteiger partial charge on any atom is 0.244 e. The van der Waals surface area contributed by atoms with Crippen molar-refractivity contribution in [2.75, 3.05) is 0 Å². The lowest BCUT2D eigenvalue weighted by molar-refractivity contribution is 0.188. The molecule has 1 aromatic heterocycles. The molecule has 0 amide bonds. The minimum absolute atomic E-state index is 0.0389. The lowest BCUT2D eigenvalue weighted by Crippen LogP contribution is -2.46. The molecule has 1 fully saturated rings. The summed E-state index contributed by atoms with van der Waals surface area (Å²) in [6, 6.07) is 1.33. The third kappa shape index (κ3) is 3.07. The summed E-state index contributed by atoms with van der Waals surface area (Å²) in [4.78, 5) is 0.128.